The van der Waals surface area contributed by atoms with Crippen LogP contribution in [0.15, 0.2) is 0 Å². The Kier molecular flexibility index (Phi) is 6.29. The summed E-state index contributed by atoms with van der Waals surface area (Å²) in [5, 5.41) is 13.3. The van der Waals surface area contributed by atoms with Crippen LogP contribution in [0.2, 0.25) is 0 Å². The molecule has 0 aromatic heterocycles. The van der Waals surface area contributed by atoms with Crippen molar-refractivity contribution in [2.75, 3.05) is 13.1 Å². The average molecular weight is 167 g/mol. The van der Waals surface area contributed by atoms with Crippen LogP contribution in [0, 0.1) is 5.92 Å². The molecule has 0 aliphatic carbocycles. The maximum absolute atomic E-state index is 10.2. The van der Waals surface area contributed by atoms with Gasteiger partial charge in [0.25, 0.3) is 0 Å². The molecule has 10 heavy (non-hydrogen) atoms. The van der Waals surface area contributed by atoms with Crippen molar-refractivity contribution in [3.05, 3.63) is 0 Å². The fourth-order valence-electron chi connectivity index (χ4n) is 1.06. The summed E-state index contributed by atoms with van der Waals surface area (Å²) in [5.74, 6) is -1.09. The van der Waals surface area contributed by atoms with Crippen molar-refractivity contribution in [2.24, 2.45) is 5.92 Å². The Morgan fingerprint density at radius 2 is 1.90 bits per heavy atom. The zero-order valence-electron chi connectivity index (χ0n) is 6.22. The normalized spacial score (nSPS) is 19.6. The number of carboxylic acid groups (broad SMARTS) is 1. The number of aliphatic carboxylic acids is 1. The molecule has 1 N–H and O–H groups in total. The number of hydrogen-bond donors (Lipinski definition) is 1. The summed E-state index contributed by atoms with van der Waals surface area (Å²) >= 11 is 0. The van der Waals surface area contributed by atoms with Crippen molar-refractivity contribution in [2.45, 2.75) is 12.8 Å². The number of hydrogen-bond acceptors (Lipinski definition) is 3. The number of nitrogens with one attached hydrogen (secondary N) is 1. The van der Waals surface area contributed by atoms with Gasteiger partial charge in [-0.05, 0) is 25.9 Å². The maximum atomic E-state index is 10.2. The Morgan fingerprint density at radius 1 is 1.40 bits per heavy atom. The molecule has 1 aliphatic rings. The molecule has 0 saturated carbocycles. The summed E-state index contributed by atoms with van der Waals surface area (Å²) in [6, 6.07) is 0. The van der Waals surface area contributed by atoms with E-state index >= 15 is 0 Å². The SMILES string of the molecule is O=C([O-])C1CCNCC1.[K+]. The van der Waals surface area contributed by atoms with Gasteiger partial charge in [0.2, 0.25) is 0 Å². The monoisotopic (exact) mass is 167 g/mol. The van der Waals surface area contributed by atoms with Crippen molar-refractivity contribution < 1.29 is 61.3 Å². The predicted molar refractivity (Wildman–Crippen MR) is 30.6 cm³/mol. The minimum Gasteiger partial charge on any atom is -0.550 e. The Morgan fingerprint density at radius 3 is 2.20 bits per heavy atom. The first-order valence-electron chi connectivity index (χ1n) is 3.22. The van der Waals surface area contributed by atoms with Crippen molar-refractivity contribution in [1.29, 1.82) is 0 Å². The standard InChI is InChI=1S/C6H11NO2.K/c8-6(9)5-1-3-7-4-2-5;/h5,7H,1-4H2,(H,8,9);/q;+1/p-1. The molecule has 1 aliphatic heterocycles. The first-order valence-corrected chi connectivity index (χ1v) is 3.22. The second-order valence-electron chi connectivity index (χ2n) is 2.34. The van der Waals surface area contributed by atoms with E-state index in [-0.39, 0.29) is 57.3 Å². The van der Waals surface area contributed by atoms with Crippen molar-refractivity contribution in [3.63, 3.8) is 0 Å². The third-order valence-corrected chi connectivity index (χ3v) is 1.67. The van der Waals surface area contributed by atoms with E-state index in [4.69, 9.17) is 0 Å². The van der Waals surface area contributed by atoms with Crippen LogP contribution in [0.1, 0.15) is 12.8 Å². The van der Waals surface area contributed by atoms with Gasteiger partial charge in [0.1, 0.15) is 0 Å². The molecule has 1 fully saturated rings. The van der Waals surface area contributed by atoms with Crippen LogP contribution in [0.3, 0.4) is 0 Å². The van der Waals surface area contributed by atoms with Gasteiger partial charge in [-0.25, -0.2) is 0 Å². The van der Waals surface area contributed by atoms with E-state index in [0.29, 0.717) is 0 Å². The molecule has 3 nitrogen and oxygen atoms in total. The molecule has 0 radical (unpaired) electrons. The molecule has 4 heteroatoms. The Bertz CT molecular complexity index is 112. The Balaban J connectivity index is 0.000000810. The molecule has 0 spiro atoms. The number of rotatable bonds is 1. The van der Waals surface area contributed by atoms with Crippen molar-refractivity contribution in [1.82, 2.24) is 5.32 Å². The van der Waals surface area contributed by atoms with Crippen LogP contribution in [-0.2, 0) is 4.79 Å². The van der Waals surface area contributed by atoms with Crippen LogP contribution in [0.5, 0.6) is 0 Å². The summed E-state index contributed by atoms with van der Waals surface area (Å²) in [7, 11) is 0. The summed E-state index contributed by atoms with van der Waals surface area (Å²) in [6.07, 6.45) is 1.45. The van der Waals surface area contributed by atoms with E-state index < -0.39 is 5.97 Å². The fourth-order valence-corrected chi connectivity index (χ4v) is 1.06. The molecular formula is C6H10KNO2. The average Bonchev–Trinajstić information content (AvgIpc) is 1.90. The van der Waals surface area contributed by atoms with Crippen LogP contribution in [0.25, 0.3) is 0 Å². The van der Waals surface area contributed by atoms with Crippen LogP contribution >= 0.6 is 0 Å². The van der Waals surface area contributed by atoms with Gasteiger partial charge in [0, 0.05) is 11.9 Å². The van der Waals surface area contributed by atoms with Gasteiger partial charge in [-0.2, -0.15) is 0 Å². The molecule has 52 valence electrons. The van der Waals surface area contributed by atoms with E-state index in [1.54, 1.807) is 0 Å². The summed E-state index contributed by atoms with van der Waals surface area (Å²) in [6.45, 7) is 1.64. The third kappa shape index (κ3) is 3.46. The van der Waals surface area contributed by atoms with Gasteiger partial charge in [-0.1, -0.05) is 0 Å². The zero-order valence-corrected chi connectivity index (χ0v) is 9.35. The molecular weight excluding hydrogens is 157 g/mol. The minimum absolute atomic E-state index is 0. The van der Waals surface area contributed by atoms with E-state index in [9.17, 15) is 9.90 Å². The van der Waals surface area contributed by atoms with Crippen LogP contribution in [-0.4, -0.2) is 19.1 Å². The Labute approximate surface area is 103 Å². The Hall–Kier alpha value is 1.07. The van der Waals surface area contributed by atoms with Gasteiger partial charge < -0.3 is 15.2 Å². The molecule has 1 saturated heterocycles. The largest absolute Gasteiger partial charge is 1.00 e. The second kappa shape index (κ2) is 5.68. The van der Waals surface area contributed by atoms with Crippen molar-refractivity contribution >= 4 is 5.97 Å². The van der Waals surface area contributed by atoms with Crippen LogP contribution in [0.4, 0.5) is 0 Å². The predicted octanol–water partition coefficient (Wildman–Crippen LogP) is -4.26. The first-order chi connectivity index (χ1) is 4.30. The van der Waals surface area contributed by atoms with Gasteiger partial charge in [-0.3, -0.25) is 0 Å². The molecule has 0 aromatic rings. The topological polar surface area (TPSA) is 52.2 Å². The number of carbonyl (C=O) groups is 1. The summed E-state index contributed by atoms with van der Waals surface area (Å²) in [4.78, 5) is 10.2. The van der Waals surface area contributed by atoms with Gasteiger partial charge in [-0.15, -0.1) is 0 Å². The molecule has 0 aromatic carbocycles. The van der Waals surface area contributed by atoms with Gasteiger partial charge in [0.15, 0.2) is 0 Å². The van der Waals surface area contributed by atoms with Gasteiger partial charge in [0.05, 0.1) is 0 Å². The maximum Gasteiger partial charge on any atom is 1.00 e. The molecule has 0 atom stereocenters. The second-order valence-corrected chi connectivity index (χ2v) is 2.34. The van der Waals surface area contributed by atoms with E-state index in [0.717, 1.165) is 25.9 Å². The molecule has 0 amide bonds. The number of carbonyl (C=O) groups excluding carboxylic acids is 1. The summed E-state index contributed by atoms with van der Waals surface area (Å²) in [5.41, 5.74) is 0. The number of carboxylic acids is 1. The third-order valence-electron chi connectivity index (χ3n) is 1.67. The first kappa shape index (κ1) is 11.1. The number of piperidine rings is 1. The molecule has 0 bridgehead atoms. The van der Waals surface area contributed by atoms with Crippen molar-refractivity contribution in [3.8, 4) is 0 Å². The zero-order chi connectivity index (χ0) is 6.69. The van der Waals surface area contributed by atoms with Gasteiger partial charge >= 0.3 is 51.4 Å². The molecule has 1 rings (SSSR count). The molecule has 1 heterocycles. The summed E-state index contributed by atoms with van der Waals surface area (Å²) < 4.78 is 0. The minimum atomic E-state index is -0.892. The quantitative estimate of drug-likeness (QED) is 0.402. The van der Waals surface area contributed by atoms with E-state index in [2.05, 4.69) is 5.32 Å². The van der Waals surface area contributed by atoms with Crippen LogP contribution < -0.4 is 61.8 Å². The smallest absolute Gasteiger partial charge is 0.550 e. The van der Waals surface area contributed by atoms with E-state index in [1.807, 2.05) is 0 Å². The fraction of sp³-hybridized carbons (Fsp3) is 0.833. The van der Waals surface area contributed by atoms with E-state index in [1.165, 1.54) is 0 Å². The molecule has 0 unspecified atom stereocenters.